The van der Waals surface area contributed by atoms with Gasteiger partial charge in [0.15, 0.2) is 11.5 Å². The van der Waals surface area contributed by atoms with Crippen LogP contribution in [0.1, 0.15) is 44.0 Å². The number of likely N-dealkylation sites (tertiary alicyclic amines) is 1. The average Bonchev–Trinajstić information content (AvgIpc) is 2.81. The normalized spacial score (nSPS) is 19.5. The molecule has 1 unspecified atom stereocenters. The number of nitrogens with zero attached hydrogens (tertiary/aromatic N) is 3. The van der Waals surface area contributed by atoms with Crippen LogP contribution in [0.5, 0.6) is 11.5 Å². The summed E-state index contributed by atoms with van der Waals surface area (Å²) in [5.74, 6) is 1.03. The topological polar surface area (TPSA) is 79.4 Å². The Hall–Kier alpha value is -2.77. The Morgan fingerprint density at radius 3 is 2.09 bits per heavy atom. The number of carbonyl (C=O) groups excluding carboxylic acids is 3. The molecule has 2 fully saturated rings. The Morgan fingerprint density at radius 1 is 0.875 bits per heavy atom. The molecule has 0 saturated carbocycles. The fourth-order valence-electron chi connectivity index (χ4n) is 4.38. The van der Waals surface area contributed by atoms with Gasteiger partial charge in [-0.2, -0.15) is 0 Å². The predicted molar refractivity (Wildman–Crippen MR) is 121 cm³/mol. The molecular weight excluding hydrogens is 410 g/mol. The Bertz CT molecular complexity index is 856. The summed E-state index contributed by atoms with van der Waals surface area (Å²) in [5, 5.41) is 0. The summed E-state index contributed by atoms with van der Waals surface area (Å²) in [7, 11) is 3.10. The van der Waals surface area contributed by atoms with E-state index in [2.05, 4.69) is 0 Å². The van der Waals surface area contributed by atoms with Crippen molar-refractivity contribution in [2.75, 3.05) is 53.5 Å². The maximum atomic E-state index is 13.1. The second-order valence-electron chi connectivity index (χ2n) is 9.53. The van der Waals surface area contributed by atoms with Gasteiger partial charge in [0, 0.05) is 50.2 Å². The summed E-state index contributed by atoms with van der Waals surface area (Å²) in [6.45, 7) is 8.91. The van der Waals surface area contributed by atoms with E-state index in [0.717, 1.165) is 12.8 Å². The predicted octanol–water partition coefficient (Wildman–Crippen LogP) is 2.27. The zero-order valence-corrected chi connectivity index (χ0v) is 19.8. The van der Waals surface area contributed by atoms with Crippen LogP contribution in [-0.4, -0.2) is 85.9 Å². The molecule has 0 bridgehead atoms. The van der Waals surface area contributed by atoms with Gasteiger partial charge in [0.05, 0.1) is 20.1 Å². The number of amides is 3. The number of benzene rings is 1. The molecule has 3 rings (SSSR count). The molecule has 1 aromatic rings. The van der Waals surface area contributed by atoms with Gasteiger partial charge in [-0.1, -0.05) is 20.8 Å². The fourth-order valence-corrected chi connectivity index (χ4v) is 4.38. The van der Waals surface area contributed by atoms with E-state index in [1.165, 1.54) is 7.11 Å². The molecule has 3 amide bonds. The number of rotatable bonds is 4. The lowest BCUT2D eigenvalue weighted by atomic mass is 9.90. The maximum Gasteiger partial charge on any atom is 0.254 e. The summed E-state index contributed by atoms with van der Waals surface area (Å²) in [4.78, 5) is 44.2. The van der Waals surface area contributed by atoms with Crippen molar-refractivity contribution in [3.05, 3.63) is 23.8 Å². The van der Waals surface area contributed by atoms with E-state index in [1.54, 1.807) is 30.2 Å². The van der Waals surface area contributed by atoms with Gasteiger partial charge in [0.1, 0.15) is 0 Å². The molecule has 0 N–H and O–H groups in total. The standard InChI is InChI=1S/C24H35N3O5/c1-24(2,3)23(30)27-10-6-7-18(16-27)22(29)26-13-11-25(12-14-26)21(28)17-8-9-19(31-4)20(15-17)32-5/h8-9,15,18H,6-7,10-14,16H2,1-5H3. The quantitative estimate of drug-likeness (QED) is 0.710. The van der Waals surface area contributed by atoms with Gasteiger partial charge in [-0.25, -0.2) is 0 Å². The van der Waals surface area contributed by atoms with Crippen molar-refractivity contribution < 1.29 is 23.9 Å². The van der Waals surface area contributed by atoms with E-state index < -0.39 is 5.41 Å². The van der Waals surface area contributed by atoms with Crippen molar-refractivity contribution in [1.82, 2.24) is 14.7 Å². The van der Waals surface area contributed by atoms with E-state index in [1.807, 2.05) is 30.6 Å². The van der Waals surface area contributed by atoms with Gasteiger partial charge >= 0.3 is 0 Å². The lowest BCUT2D eigenvalue weighted by Crippen LogP contribution is -2.54. The minimum absolute atomic E-state index is 0.0855. The molecule has 2 aliphatic rings. The number of hydrogen-bond donors (Lipinski definition) is 0. The largest absolute Gasteiger partial charge is 0.493 e. The van der Waals surface area contributed by atoms with Crippen LogP contribution in [0.2, 0.25) is 0 Å². The molecule has 2 heterocycles. The molecule has 1 atom stereocenters. The summed E-state index contributed by atoms with van der Waals surface area (Å²) in [5.41, 5.74) is 0.0900. The molecule has 0 radical (unpaired) electrons. The molecule has 0 aliphatic carbocycles. The van der Waals surface area contributed by atoms with Crippen LogP contribution in [0.4, 0.5) is 0 Å². The van der Waals surface area contributed by atoms with Crippen LogP contribution in [0.3, 0.4) is 0 Å². The Balaban J connectivity index is 1.57. The van der Waals surface area contributed by atoms with Crippen molar-refractivity contribution in [2.24, 2.45) is 11.3 Å². The van der Waals surface area contributed by atoms with Gasteiger partial charge in [-0.15, -0.1) is 0 Å². The number of methoxy groups -OCH3 is 2. The van der Waals surface area contributed by atoms with Crippen LogP contribution in [0, 0.1) is 11.3 Å². The smallest absolute Gasteiger partial charge is 0.254 e. The Labute approximate surface area is 190 Å². The average molecular weight is 446 g/mol. The zero-order chi connectivity index (χ0) is 23.5. The SMILES string of the molecule is COc1ccc(C(=O)N2CCN(C(=O)C3CCCN(C(=O)C(C)(C)C)C3)CC2)cc1OC. The number of piperazine rings is 1. The second-order valence-corrected chi connectivity index (χ2v) is 9.53. The van der Waals surface area contributed by atoms with E-state index >= 15 is 0 Å². The van der Waals surface area contributed by atoms with E-state index in [0.29, 0.717) is 56.3 Å². The molecule has 176 valence electrons. The van der Waals surface area contributed by atoms with Crippen molar-refractivity contribution >= 4 is 17.7 Å². The van der Waals surface area contributed by atoms with Crippen LogP contribution in [-0.2, 0) is 9.59 Å². The molecule has 8 nitrogen and oxygen atoms in total. The minimum Gasteiger partial charge on any atom is -0.493 e. The second kappa shape index (κ2) is 9.79. The van der Waals surface area contributed by atoms with Crippen LogP contribution in [0.25, 0.3) is 0 Å². The lowest BCUT2D eigenvalue weighted by molar-refractivity contribution is -0.146. The van der Waals surface area contributed by atoms with Crippen molar-refractivity contribution in [1.29, 1.82) is 0 Å². The summed E-state index contributed by atoms with van der Waals surface area (Å²) in [6, 6.07) is 5.13. The first-order valence-corrected chi connectivity index (χ1v) is 11.2. The highest BCUT2D eigenvalue weighted by Crippen LogP contribution is 2.29. The van der Waals surface area contributed by atoms with Crippen LogP contribution < -0.4 is 9.47 Å². The number of piperidine rings is 1. The first kappa shape index (κ1) is 23.9. The van der Waals surface area contributed by atoms with Gasteiger partial charge in [-0.3, -0.25) is 14.4 Å². The van der Waals surface area contributed by atoms with E-state index in [-0.39, 0.29) is 23.6 Å². The van der Waals surface area contributed by atoms with Crippen molar-refractivity contribution in [3.63, 3.8) is 0 Å². The van der Waals surface area contributed by atoms with E-state index in [9.17, 15) is 14.4 Å². The number of hydrogen-bond acceptors (Lipinski definition) is 5. The Morgan fingerprint density at radius 2 is 1.50 bits per heavy atom. The summed E-state index contributed by atoms with van der Waals surface area (Å²) < 4.78 is 10.5. The Kier molecular flexibility index (Phi) is 7.31. The summed E-state index contributed by atoms with van der Waals surface area (Å²) in [6.07, 6.45) is 1.65. The minimum atomic E-state index is -0.443. The maximum absolute atomic E-state index is 13.1. The van der Waals surface area contributed by atoms with Gasteiger partial charge in [0.2, 0.25) is 11.8 Å². The first-order valence-electron chi connectivity index (χ1n) is 11.2. The third kappa shape index (κ3) is 5.16. The summed E-state index contributed by atoms with van der Waals surface area (Å²) >= 11 is 0. The highest BCUT2D eigenvalue weighted by molar-refractivity contribution is 5.95. The third-order valence-corrected chi connectivity index (χ3v) is 6.21. The molecular formula is C24H35N3O5. The van der Waals surface area contributed by atoms with Crippen molar-refractivity contribution in [2.45, 2.75) is 33.6 Å². The fraction of sp³-hybridized carbons (Fsp3) is 0.625. The molecule has 0 aromatic heterocycles. The van der Waals surface area contributed by atoms with Gasteiger partial charge in [0.25, 0.3) is 5.91 Å². The lowest BCUT2D eigenvalue weighted by Gasteiger charge is -2.40. The monoisotopic (exact) mass is 445 g/mol. The third-order valence-electron chi connectivity index (χ3n) is 6.21. The number of carbonyl (C=O) groups is 3. The van der Waals surface area contributed by atoms with E-state index in [4.69, 9.17) is 9.47 Å². The highest BCUT2D eigenvalue weighted by Gasteiger charge is 2.36. The highest BCUT2D eigenvalue weighted by atomic mass is 16.5. The molecule has 32 heavy (non-hydrogen) atoms. The molecule has 2 saturated heterocycles. The molecule has 2 aliphatic heterocycles. The van der Waals surface area contributed by atoms with Crippen LogP contribution in [0.15, 0.2) is 18.2 Å². The first-order chi connectivity index (χ1) is 15.2. The van der Waals surface area contributed by atoms with Crippen molar-refractivity contribution in [3.8, 4) is 11.5 Å². The molecule has 1 aromatic carbocycles. The van der Waals surface area contributed by atoms with Crippen LogP contribution >= 0.6 is 0 Å². The van der Waals surface area contributed by atoms with Gasteiger partial charge < -0.3 is 24.2 Å². The molecule has 0 spiro atoms. The number of ether oxygens (including phenoxy) is 2. The molecule has 8 heteroatoms. The zero-order valence-electron chi connectivity index (χ0n) is 19.8. The van der Waals surface area contributed by atoms with Gasteiger partial charge in [-0.05, 0) is 31.0 Å².